The van der Waals surface area contributed by atoms with E-state index in [2.05, 4.69) is 10.2 Å². The second-order valence-corrected chi connectivity index (χ2v) is 6.46. The predicted molar refractivity (Wildman–Crippen MR) is 88.8 cm³/mol. The van der Waals surface area contributed by atoms with E-state index < -0.39 is 0 Å². The zero-order valence-corrected chi connectivity index (χ0v) is 13.1. The molecule has 1 aromatic carbocycles. The minimum absolute atomic E-state index is 0.0144. The van der Waals surface area contributed by atoms with Crippen LogP contribution in [0.1, 0.15) is 10.4 Å². The van der Waals surface area contributed by atoms with E-state index >= 15 is 0 Å². The molecule has 0 bridgehead atoms. The largest absolute Gasteiger partial charge is 0.285 e. The molecule has 2 aromatic rings. The van der Waals surface area contributed by atoms with Gasteiger partial charge in [-0.2, -0.15) is 5.10 Å². The lowest BCUT2D eigenvalue weighted by molar-refractivity contribution is -0.124. The number of thiophene rings is 1. The molecule has 112 valence electrons. The minimum Gasteiger partial charge on any atom is -0.285 e. The summed E-state index contributed by atoms with van der Waals surface area (Å²) in [5.74, 6) is 0.0499. The third-order valence-corrected chi connectivity index (χ3v) is 4.74. The van der Waals surface area contributed by atoms with Crippen LogP contribution in [0, 0.1) is 5.82 Å². The Morgan fingerprint density at radius 1 is 1.27 bits per heavy atom. The Bertz CT molecular complexity index is 711. The molecule has 1 amide bonds. The average Bonchev–Trinajstić information content (AvgIpc) is 3.14. The predicted octanol–water partition coefficient (Wildman–Crippen LogP) is 3.35. The van der Waals surface area contributed by atoms with Crippen LogP contribution in [-0.2, 0) is 11.3 Å². The topological polar surface area (TPSA) is 45.0 Å². The smallest absolute Gasteiger partial charge is 0.239 e. The molecular weight excluding hydrogens is 321 g/mol. The number of carbonyl (C=O) groups excluding carboxylic acids is 1. The molecule has 0 spiro atoms. The van der Waals surface area contributed by atoms with Crippen LogP contribution in [0.2, 0.25) is 0 Å². The van der Waals surface area contributed by atoms with Gasteiger partial charge in [0.2, 0.25) is 5.91 Å². The number of hydrogen-bond acceptors (Lipinski definition) is 5. The summed E-state index contributed by atoms with van der Waals surface area (Å²) in [7, 11) is 0. The number of thioether (sulfide) groups is 1. The van der Waals surface area contributed by atoms with Gasteiger partial charge in [-0.25, -0.2) is 4.39 Å². The summed E-state index contributed by atoms with van der Waals surface area (Å²) in [4.78, 5) is 14.5. The summed E-state index contributed by atoms with van der Waals surface area (Å²) >= 11 is 2.93. The molecule has 0 radical (unpaired) electrons. The van der Waals surface area contributed by atoms with Crippen LogP contribution >= 0.6 is 23.1 Å². The number of benzene rings is 1. The molecule has 3 rings (SSSR count). The summed E-state index contributed by atoms with van der Waals surface area (Å²) in [5, 5.41) is 10.7. The van der Waals surface area contributed by atoms with Gasteiger partial charge in [0, 0.05) is 4.88 Å². The molecule has 2 heterocycles. The van der Waals surface area contributed by atoms with Crippen molar-refractivity contribution < 1.29 is 9.18 Å². The molecule has 0 saturated carbocycles. The first kappa shape index (κ1) is 14.9. The van der Waals surface area contributed by atoms with E-state index in [0.29, 0.717) is 17.5 Å². The lowest BCUT2D eigenvalue weighted by Gasteiger charge is -2.14. The molecule has 0 unspecified atom stereocenters. The van der Waals surface area contributed by atoms with Crippen LogP contribution in [0.15, 0.2) is 52.0 Å². The van der Waals surface area contributed by atoms with E-state index in [1.165, 1.54) is 23.9 Å². The Hall–Kier alpha value is -1.99. The number of nitrogens with zero attached hydrogens (tertiary/aromatic N) is 3. The van der Waals surface area contributed by atoms with Crippen molar-refractivity contribution in [2.45, 2.75) is 6.54 Å². The summed E-state index contributed by atoms with van der Waals surface area (Å²) in [5.41, 5.74) is 0.854. The molecule has 7 heteroatoms. The number of amidine groups is 1. The summed E-state index contributed by atoms with van der Waals surface area (Å²) in [6.45, 7) is 0.374. The lowest BCUT2D eigenvalue weighted by Crippen LogP contribution is -2.28. The highest BCUT2D eigenvalue weighted by Crippen LogP contribution is 2.22. The summed E-state index contributed by atoms with van der Waals surface area (Å²) in [6, 6.07) is 9.98. The molecule has 1 aromatic heterocycles. The summed E-state index contributed by atoms with van der Waals surface area (Å²) < 4.78 is 12.9. The van der Waals surface area contributed by atoms with Crippen LogP contribution in [0.5, 0.6) is 0 Å². The first-order valence-electron chi connectivity index (χ1n) is 6.54. The molecule has 1 fully saturated rings. The van der Waals surface area contributed by atoms with Gasteiger partial charge in [0.25, 0.3) is 0 Å². The standard InChI is InChI=1S/C15H12FN3OS2/c16-12-5-3-11(4-6-12)9-19-14(20)10-22-15(19)18-17-8-13-2-1-7-21-13/h1-8H,9-10H2/b17-8-,18-15+. The van der Waals surface area contributed by atoms with Gasteiger partial charge in [-0.3, -0.25) is 9.69 Å². The van der Waals surface area contributed by atoms with Crippen molar-refractivity contribution in [3.8, 4) is 0 Å². The first-order valence-corrected chi connectivity index (χ1v) is 8.41. The molecule has 1 aliphatic heterocycles. The van der Waals surface area contributed by atoms with E-state index in [4.69, 9.17) is 0 Å². The fraction of sp³-hybridized carbons (Fsp3) is 0.133. The number of carbonyl (C=O) groups is 1. The Morgan fingerprint density at radius 2 is 2.09 bits per heavy atom. The number of halogens is 1. The number of hydrogen-bond donors (Lipinski definition) is 0. The molecule has 4 nitrogen and oxygen atoms in total. The van der Waals surface area contributed by atoms with Crippen LogP contribution in [0.25, 0.3) is 0 Å². The van der Waals surface area contributed by atoms with Crippen molar-refractivity contribution in [1.29, 1.82) is 0 Å². The van der Waals surface area contributed by atoms with Gasteiger partial charge in [0.05, 0.1) is 18.5 Å². The fourth-order valence-corrected chi connectivity index (χ4v) is 3.31. The zero-order chi connectivity index (χ0) is 15.4. The molecule has 22 heavy (non-hydrogen) atoms. The van der Waals surface area contributed by atoms with E-state index in [-0.39, 0.29) is 11.7 Å². The van der Waals surface area contributed by atoms with Gasteiger partial charge in [-0.05, 0) is 29.1 Å². The van der Waals surface area contributed by atoms with Gasteiger partial charge >= 0.3 is 0 Å². The normalized spacial score (nSPS) is 17.0. The third-order valence-electron chi connectivity index (χ3n) is 2.98. The first-order chi connectivity index (χ1) is 10.7. The van der Waals surface area contributed by atoms with Crippen LogP contribution < -0.4 is 0 Å². The van der Waals surface area contributed by atoms with Crippen molar-refractivity contribution in [3.05, 3.63) is 58.0 Å². The van der Waals surface area contributed by atoms with Gasteiger partial charge in [-0.15, -0.1) is 16.4 Å². The Balaban J connectivity index is 1.73. The quantitative estimate of drug-likeness (QED) is 0.636. The highest BCUT2D eigenvalue weighted by Gasteiger charge is 2.28. The van der Waals surface area contributed by atoms with Crippen molar-refractivity contribution >= 4 is 40.4 Å². The Kier molecular flexibility index (Phi) is 4.65. The van der Waals surface area contributed by atoms with Crippen molar-refractivity contribution in [3.63, 3.8) is 0 Å². The second kappa shape index (κ2) is 6.85. The van der Waals surface area contributed by atoms with Crippen LogP contribution in [-0.4, -0.2) is 27.9 Å². The summed E-state index contributed by atoms with van der Waals surface area (Å²) in [6.07, 6.45) is 1.66. The van der Waals surface area contributed by atoms with Gasteiger partial charge in [0.15, 0.2) is 5.17 Å². The van der Waals surface area contributed by atoms with Crippen molar-refractivity contribution in [2.75, 3.05) is 5.75 Å². The molecule has 0 aliphatic carbocycles. The van der Waals surface area contributed by atoms with E-state index in [9.17, 15) is 9.18 Å². The highest BCUT2D eigenvalue weighted by atomic mass is 32.2. The molecular formula is C15H12FN3OS2. The SMILES string of the molecule is O=C1CS/C(=N/N=C\c2cccs2)N1Cc1ccc(F)cc1. The third kappa shape index (κ3) is 3.61. The van der Waals surface area contributed by atoms with Crippen molar-refractivity contribution in [2.24, 2.45) is 10.2 Å². The second-order valence-electron chi connectivity index (χ2n) is 4.54. The van der Waals surface area contributed by atoms with Gasteiger partial charge in [-0.1, -0.05) is 30.0 Å². The number of amides is 1. The van der Waals surface area contributed by atoms with E-state index in [1.54, 1.807) is 34.6 Å². The fourth-order valence-electron chi connectivity index (χ4n) is 1.90. The molecule has 0 atom stereocenters. The maximum Gasteiger partial charge on any atom is 0.239 e. The van der Waals surface area contributed by atoms with Gasteiger partial charge in [0.1, 0.15) is 5.82 Å². The van der Waals surface area contributed by atoms with Gasteiger partial charge < -0.3 is 0 Å². The Labute approximate surface area is 135 Å². The Morgan fingerprint density at radius 3 is 2.82 bits per heavy atom. The molecule has 1 aliphatic rings. The van der Waals surface area contributed by atoms with E-state index in [1.807, 2.05) is 17.5 Å². The minimum atomic E-state index is -0.291. The van der Waals surface area contributed by atoms with Crippen LogP contribution in [0.4, 0.5) is 4.39 Å². The van der Waals surface area contributed by atoms with Crippen molar-refractivity contribution in [1.82, 2.24) is 4.90 Å². The van der Waals surface area contributed by atoms with Crippen LogP contribution in [0.3, 0.4) is 0 Å². The molecule has 1 saturated heterocycles. The average molecular weight is 333 g/mol. The highest BCUT2D eigenvalue weighted by molar-refractivity contribution is 8.15. The maximum atomic E-state index is 12.9. The molecule has 0 N–H and O–H groups in total. The van der Waals surface area contributed by atoms with E-state index in [0.717, 1.165) is 10.4 Å². The number of rotatable bonds is 4. The zero-order valence-electron chi connectivity index (χ0n) is 11.5. The maximum absolute atomic E-state index is 12.9. The lowest BCUT2D eigenvalue weighted by atomic mass is 10.2. The monoisotopic (exact) mass is 333 g/mol.